The number of quaternary nitrogens is 1. The van der Waals surface area contributed by atoms with Gasteiger partial charge in [-0.25, -0.2) is 4.79 Å². The molecule has 2 rings (SSSR count). The first-order valence-electron chi connectivity index (χ1n) is 6.03. The number of piperidine rings is 1. The van der Waals surface area contributed by atoms with E-state index in [4.69, 9.17) is 27.9 Å². The summed E-state index contributed by atoms with van der Waals surface area (Å²) >= 11 is 11.7. The van der Waals surface area contributed by atoms with Crippen LogP contribution in [0.2, 0.25) is 10.0 Å². The molecule has 1 N–H and O–H groups in total. The van der Waals surface area contributed by atoms with Crippen LogP contribution in [0.4, 0.5) is 0 Å². The molecule has 1 fully saturated rings. The van der Waals surface area contributed by atoms with Crippen LogP contribution in [0.1, 0.15) is 23.2 Å². The fourth-order valence-corrected chi connectivity index (χ4v) is 2.74. The minimum atomic E-state index is -0.348. The van der Waals surface area contributed by atoms with Gasteiger partial charge in [-0.2, -0.15) is 0 Å². The molecule has 1 aliphatic heterocycles. The van der Waals surface area contributed by atoms with Gasteiger partial charge in [0.1, 0.15) is 6.54 Å². The molecular weight excluding hydrogens is 273 g/mol. The molecule has 0 amide bonds. The van der Waals surface area contributed by atoms with Crippen LogP contribution in [-0.2, 0) is 4.74 Å². The number of esters is 1. The van der Waals surface area contributed by atoms with Gasteiger partial charge in [-0.05, 0) is 24.6 Å². The van der Waals surface area contributed by atoms with Gasteiger partial charge in [-0.3, -0.25) is 0 Å². The first-order valence-corrected chi connectivity index (χ1v) is 6.78. The smallest absolute Gasteiger partial charge is 0.338 e. The molecule has 0 aliphatic carbocycles. The van der Waals surface area contributed by atoms with Crippen LogP contribution < -0.4 is 4.90 Å². The van der Waals surface area contributed by atoms with Gasteiger partial charge in [0.2, 0.25) is 0 Å². The van der Waals surface area contributed by atoms with E-state index in [0.717, 1.165) is 25.9 Å². The average molecular weight is 289 g/mol. The van der Waals surface area contributed by atoms with Gasteiger partial charge in [-0.15, -0.1) is 0 Å². The van der Waals surface area contributed by atoms with Gasteiger partial charge in [0.05, 0.1) is 19.2 Å². The Morgan fingerprint density at radius 1 is 1.33 bits per heavy atom. The Kier molecular flexibility index (Phi) is 4.49. The molecule has 1 aliphatic rings. The van der Waals surface area contributed by atoms with E-state index < -0.39 is 0 Å². The highest BCUT2D eigenvalue weighted by molar-refractivity contribution is 6.35. The van der Waals surface area contributed by atoms with Crippen molar-refractivity contribution < 1.29 is 14.4 Å². The second-order valence-electron chi connectivity index (χ2n) is 4.74. The summed E-state index contributed by atoms with van der Waals surface area (Å²) in [5.41, 5.74) is 0.413. The van der Waals surface area contributed by atoms with Crippen LogP contribution in [0.25, 0.3) is 0 Å². The van der Waals surface area contributed by atoms with E-state index in [9.17, 15) is 4.79 Å². The van der Waals surface area contributed by atoms with E-state index in [1.165, 1.54) is 4.90 Å². The van der Waals surface area contributed by atoms with E-state index in [-0.39, 0.29) is 12.1 Å². The van der Waals surface area contributed by atoms with E-state index in [2.05, 4.69) is 7.05 Å². The largest absolute Gasteiger partial charge is 0.453 e. The summed E-state index contributed by atoms with van der Waals surface area (Å²) in [5, 5.41) is 0.890. The molecule has 0 spiro atoms. The van der Waals surface area contributed by atoms with Crippen LogP contribution >= 0.6 is 23.2 Å². The number of ether oxygens (including phenoxy) is 1. The molecule has 18 heavy (non-hydrogen) atoms. The van der Waals surface area contributed by atoms with Crippen LogP contribution in [-0.4, -0.2) is 32.2 Å². The lowest BCUT2D eigenvalue weighted by atomic mass is 10.1. The normalized spacial score (nSPS) is 23.7. The first kappa shape index (κ1) is 13.7. The Morgan fingerprint density at radius 3 is 2.61 bits per heavy atom. The Labute approximate surface area is 117 Å². The van der Waals surface area contributed by atoms with Crippen molar-refractivity contribution in [3.63, 3.8) is 0 Å². The highest BCUT2D eigenvalue weighted by Crippen LogP contribution is 2.20. The predicted molar refractivity (Wildman–Crippen MR) is 71.5 cm³/mol. The second-order valence-corrected chi connectivity index (χ2v) is 5.61. The van der Waals surface area contributed by atoms with Crippen molar-refractivity contribution in [1.29, 1.82) is 0 Å². The van der Waals surface area contributed by atoms with Crippen LogP contribution in [0.3, 0.4) is 0 Å². The fraction of sp³-hybridized carbons (Fsp3) is 0.462. The molecule has 3 nitrogen and oxygen atoms in total. The molecule has 1 unspecified atom stereocenters. The number of hydrogen-bond donors (Lipinski definition) is 1. The highest BCUT2D eigenvalue weighted by Gasteiger charge is 2.24. The maximum atomic E-state index is 12.0. The van der Waals surface area contributed by atoms with Crippen molar-refractivity contribution in [2.75, 3.05) is 20.1 Å². The fourth-order valence-electron chi connectivity index (χ4n) is 2.22. The van der Waals surface area contributed by atoms with E-state index >= 15 is 0 Å². The molecule has 98 valence electrons. The van der Waals surface area contributed by atoms with Crippen LogP contribution in [0, 0.1) is 0 Å². The lowest BCUT2D eigenvalue weighted by molar-refractivity contribution is -0.888. The summed E-state index contributed by atoms with van der Waals surface area (Å²) in [6.07, 6.45) is 2.00. The molecule has 0 saturated carbocycles. The Hall–Kier alpha value is -0.770. The molecule has 0 aromatic heterocycles. The van der Waals surface area contributed by atoms with Crippen molar-refractivity contribution in [2.24, 2.45) is 0 Å². The van der Waals surface area contributed by atoms with Crippen molar-refractivity contribution in [2.45, 2.75) is 18.9 Å². The monoisotopic (exact) mass is 288 g/mol. The van der Waals surface area contributed by atoms with Crippen molar-refractivity contribution in [3.05, 3.63) is 33.8 Å². The molecule has 0 radical (unpaired) electrons. The average Bonchev–Trinajstić information content (AvgIpc) is 2.27. The zero-order chi connectivity index (χ0) is 13.1. The molecule has 1 saturated heterocycles. The number of carbonyl (C=O) groups excluding carboxylic acids is 1. The Morgan fingerprint density at radius 2 is 2.00 bits per heavy atom. The highest BCUT2D eigenvalue weighted by atomic mass is 35.5. The number of likely N-dealkylation sites (tertiary alicyclic amines) is 1. The van der Waals surface area contributed by atoms with Gasteiger partial charge >= 0.3 is 5.97 Å². The van der Waals surface area contributed by atoms with Gasteiger partial charge in [0.15, 0.2) is 6.10 Å². The third-order valence-electron chi connectivity index (χ3n) is 3.08. The molecule has 5 heteroatoms. The summed E-state index contributed by atoms with van der Waals surface area (Å²) < 4.78 is 5.48. The standard InChI is InChI=1S/C13H15Cl2NO2/c1-16-4-2-3-12(8-16)18-13(17)9-5-10(14)7-11(15)6-9/h5-7,12H,2-4,8H2,1H3/p+1/t12-/m0/s1. The summed E-state index contributed by atoms with van der Waals surface area (Å²) in [4.78, 5) is 13.4. The van der Waals surface area contributed by atoms with Crippen molar-refractivity contribution >= 4 is 29.2 Å². The number of likely N-dealkylation sites (N-methyl/N-ethyl adjacent to an activating group) is 1. The molecule has 1 heterocycles. The SMILES string of the molecule is C[NH+]1CCC[C@H](OC(=O)c2cc(Cl)cc(Cl)c2)C1. The maximum absolute atomic E-state index is 12.0. The summed E-state index contributed by atoms with van der Waals surface area (Å²) in [5.74, 6) is -0.348. The van der Waals surface area contributed by atoms with Crippen LogP contribution in [0.5, 0.6) is 0 Å². The minimum Gasteiger partial charge on any atom is -0.453 e. The molecule has 1 aromatic rings. The van der Waals surface area contributed by atoms with Gasteiger partial charge in [-0.1, -0.05) is 23.2 Å². The number of halogens is 2. The zero-order valence-corrected chi connectivity index (χ0v) is 11.7. The molecule has 2 atom stereocenters. The van der Waals surface area contributed by atoms with Crippen molar-refractivity contribution in [1.82, 2.24) is 0 Å². The molecule has 1 aromatic carbocycles. The van der Waals surface area contributed by atoms with Gasteiger partial charge in [0.25, 0.3) is 0 Å². The number of hydrogen-bond acceptors (Lipinski definition) is 2. The number of nitrogens with one attached hydrogen (secondary N) is 1. The second kappa shape index (κ2) is 5.91. The van der Waals surface area contributed by atoms with E-state index in [1.54, 1.807) is 18.2 Å². The van der Waals surface area contributed by atoms with E-state index in [1.807, 2.05) is 0 Å². The number of rotatable bonds is 2. The zero-order valence-electron chi connectivity index (χ0n) is 10.2. The third kappa shape index (κ3) is 3.61. The van der Waals surface area contributed by atoms with Crippen LogP contribution in [0.15, 0.2) is 18.2 Å². The topological polar surface area (TPSA) is 30.7 Å². The Bertz CT molecular complexity index is 430. The Balaban J connectivity index is 2.02. The molecule has 0 bridgehead atoms. The van der Waals surface area contributed by atoms with Gasteiger partial charge < -0.3 is 9.64 Å². The number of carbonyl (C=O) groups is 1. The summed E-state index contributed by atoms with van der Waals surface area (Å²) in [7, 11) is 2.11. The predicted octanol–water partition coefficient (Wildman–Crippen LogP) is 1.83. The number of benzene rings is 1. The quantitative estimate of drug-likeness (QED) is 0.842. The maximum Gasteiger partial charge on any atom is 0.338 e. The summed E-state index contributed by atoms with van der Waals surface area (Å²) in [6.45, 7) is 2.00. The summed E-state index contributed by atoms with van der Waals surface area (Å²) in [6, 6.07) is 4.75. The first-order chi connectivity index (χ1) is 8.54. The van der Waals surface area contributed by atoms with E-state index in [0.29, 0.717) is 15.6 Å². The molecular formula is C13H16Cl2NO2+. The third-order valence-corrected chi connectivity index (χ3v) is 3.51. The minimum absolute atomic E-state index is 0.0102. The lowest BCUT2D eigenvalue weighted by Crippen LogP contribution is -3.11. The van der Waals surface area contributed by atoms with Crippen molar-refractivity contribution in [3.8, 4) is 0 Å². The lowest BCUT2D eigenvalue weighted by Gasteiger charge is -2.26. The van der Waals surface area contributed by atoms with Gasteiger partial charge in [0, 0.05) is 16.5 Å².